The summed E-state index contributed by atoms with van der Waals surface area (Å²) in [6.45, 7) is 2.23. The molecule has 0 saturated heterocycles. The summed E-state index contributed by atoms with van der Waals surface area (Å²) in [5, 5.41) is 5.72. The highest BCUT2D eigenvalue weighted by Crippen LogP contribution is 2.20. The van der Waals surface area contributed by atoms with Gasteiger partial charge in [-0.15, -0.1) is 0 Å². The first kappa shape index (κ1) is 21.3. The Hall–Kier alpha value is -2.97. The average Bonchev–Trinajstić information content (AvgIpc) is 2.68. The van der Waals surface area contributed by atoms with E-state index in [2.05, 4.69) is 10.6 Å². The van der Waals surface area contributed by atoms with E-state index in [-0.39, 0.29) is 16.9 Å². The number of methoxy groups -OCH3 is 1. The Morgan fingerprint density at radius 2 is 1.86 bits per heavy atom. The van der Waals surface area contributed by atoms with E-state index >= 15 is 0 Å². The fraction of sp³-hybridized carbons (Fsp3) is 0.250. The summed E-state index contributed by atoms with van der Waals surface area (Å²) < 4.78 is 10.5. The molecule has 2 aromatic carbocycles. The molecule has 0 radical (unpaired) electrons. The largest absolute Gasteiger partial charge is 0.490 e. The van der Waals surface area contributed by atoms with Crippen LogP contribution >= 0.6 is 12.2 Å². The molecule has 2 amide bonds. The van der Waals surface area contributed by atoms with Crippen molar-refractivity contribution in [3.63, 3.8) is 0 Å². The van der Waals surface area contributed by atoms with Crippen molar-refractivity contribution in [3.05, 3.63) is 54.1 Å². The molecule has 0 aliphatic heterocycles. The Morgan fingerprint density at radius 3 is 2.57 bits per heavy atom. The van der Waals surface area contributed by atoms with Gasteiger partial charge in [0.25, 0.3) is 5.91 Å². The van der Waals surface area contributed by atoms with Crippen molar-refractivity contribution in [1.82, 2.24) is 5.32 Å². The van der Waals surface area contributed by atoms with E-state index < -0.39 is 0 Å². The van der Waals surface area contributed by atoms with Crippen molar-refractivity contribution >= 4 is 40.5 Å². The van der Waals surface area contributed by atoms with Gasteiger partial charge in [0.15, 0.2) is 5.11 Å². The van der Waals surface area contributed by atoms with Gasteiger partial charge in [-0.1, -0.05) is 18.2 Å². The number of amides is 2. The van der Waals surface area contributed by atoms with Gasteiger partial charge in [0.05, 0.1) is 12.2 Å². The molecule has 0 unspecified atom stereocenters. The Balaban J connectivity index is 2.03. The van der Waals surface area contributed by atoms with Crippen LogP contribution in [0.5, 0.6) is 5.75 Å². The summed E-state index contributed by atoms with van der Waals surface area (Å²) in [6.07, 6.45) is 0. The molecule has 0 saturated carbocycles. The number of anilines is 2. The first-order valence-corrected chi connectivity index (χ1v) is 9.00. The number of rotatable bonds is 7. The van der Waals surface area contributed by atoms with Crippen LogP contribution in [-0.4, -0.2) is 44.3 Å². The van der Waals surface area contributed by atoms with E-state index in [0.29, 0.717) is 35.9 Å². The van der Waals surface area contributed by atoms with Crippen LogP contribution in [0.15, 0.2) is 48.5 Å². The number of benzene rings is 2. The summed E-state index contributed by atoms with van der Waals surface area (Å²) in [5.41, 5.74) is 1.73. The SMILES string of the molecule is COCCOc1ccccc1C(=O)NC(=S)Nc1cccc(N(C)C(C)=O)c1. The van der Waals surface area contributed by atoms with E-state index in [1.807, 2.05) is 6.07 Å². The number of nitrogens with one attached hydrogen (secondary N) is 2. The molecule has 0 bridgehead atoms. The molecular weight excluding hydrogens is 378 g/mol. The lowest BCUT2D eigenvalue weighted by atomic mass is 10.2. The standard InChI is InChI=1S/C20H23N3O4S/c1-14(24)23(2)16-8-6-7-15(13-16)21-20(28)22-19(25)17-9-4-5-10-18(17)27-12-11-26-3/h4-10,13H,11-12H2,1-3H3,(H2,21,22,25,28). The van der Waals surface area contributed by atoms with Gasteiger partial charge in [-0.2, -0.15) is 0 Å². The normalized spacial score (nSPS) is 10.1. The topological polar surface area (TPSA) is 79.9 Å². The molecule has 148 valence electrons. The molecule has 0 aromatic heterocycles. The van der Waals surface area contributed by atoms with E-state index in [0.717, 1.165) is 0 Å². The molecule has 7 nitrogen and oxygen atoms in total. The number of para-hydroxylation sites is 1. The van der Waals surface area contributed by atoms with Crippen molar-refractivity contribution in [1.29, 1.82) is 0 Å². The minimum Gasteiger partial charge on any atom is -0.490 e. The van der Waals surface area contributed by atoms with Crippen molar-refractivity contribution in [2.45, 2.75) is 6.92 Å². The van der Waals surface area contributed by atoms with Gasteiger partial charge < -0.3 is 19.7 Å². The van der Waals surface area contributed by atoms with Crippen LogP contribution in [0.4, 0.5) is 11.4 Å². The van der Waals surface area contributed by atoms with E-state index in [4.69, 9.17) is 21.7 Å². The highest BCUT2D eigenvalue weighted by atomic mass is 32.1. The average molecular weight is 401 g/mol. The maximum absolute atomic E-state index is 12.6. The smallest absolute Gasteiger partial charge is 0.261 e. The van der Waals surface area contributed by atoms with Crippen LogP contribution in [0.25, 0.3) is 0 Å². The predicted molar refractivity (Wildman–Crippen MR) is 113 cm³/mol. The molecule has 2 aromatic rings. The van der Waals surface area contributed by atoms with E-state index in [1.165, 1.54) is 11.8 Å². The van der Waals surface area contributed by atoms with Crippen LogP contribution in [-0.2, 0) is 9.53 Å². The van der Waals surface area contributed by atoms with E-state index in [1.54, 1.807) is 56.6 Å². The van der Waals surface area contributed by atoms with Gasteiger partial charge in [-0.05, 0) is 42.5 Å². The zero-order valence-electron chi connectivity index (χ0n) is 16.0. The fourth-order valence-corrected chi connectivity index (χ4v) is 2.53. The van der Waals surface area contributed by atoms with Gasteiger partial charge in [0, 0.05) is 32.5 Å². The van der Waals surface area contributed by atoms with Crippen molar-refractivity contribution in [2.75, 3.05) is 37.6 Å². The number of ether oxygens (including phenoxy) is 2. The number of hydrogen-bond donors (Lipinski definition) is 2. The van der Waals surface area contributed by atoms with Crippen LogP contribution in [0.1, 0.15) is 17.3 Å². The highest BCUT2D eigenvalue weighted by Gasteiger charge is 2.14. The predicted octanol–water partition coefficient (Wildman–Crippen LogP) is 2.82. The van der Waals surface area contributed by atoms with Crippen LogP contribution in [0.2, 0.25) is 0 Å². The third kappa shape index (κ3) is 6.04. The highest BCUT2D eigenvalue weighted by molar-refractivity contribution is 7.80. The van der Waals surface area contributed by atoms with Crippen molar-refractivity contribution < 1.29 is 19.1 Å². The quantitative estimate of drug-likeness (QED) is 0.549. The molecule has 0 spiro atoms. The number of carbonyl (C=O) groups excluding carboxylic acids is 2. The summed E-state index contributed by atoms with van der Waals surface area (Å²) in [6, 6.07) is 14.1. The third-order valence-corrected chi connectivity index (χ3v) is 4.07. The molecule has 2 rings (SSSR count). The van der Waals surface area contributed by atoms with Crippen molar-refractivity contribution in [2.24, 2.45) is 0 Å². The molecule has 8 heteroatoms. The molecular formula is C20H23N3O4S. The number of thiocarbonyl (C=S) groups is 1. The summed E-state index contributed by atoms with van der Waals surface area (Å²) >= 11 is 5.24. The van der Waals surface area contributed by atoms with Crippen LogP contribution in [0.3, 0.4) is 0 Å². The lowest BCUT2D eigenvalue weighted by Crippen LogP contribution is -2.34. The zero-order chi connectivity index (χ0) is 20.5. The van der Waals surface area contributed by atoms with E-state index in [9.17, 15) is 9.59 Å². The summed E-state index contributed by atoms with van der Waals surface area (Å²) in [7, 11) is 3.26. The molecule has 0 fully saturated rings. The van der Waals surface area contributed by atoms with Gasteiger partial charge in [-0.3, -0.25) is 14.9 Å². The number of hydrogen-bond acceptors (Lipinski definition) is 5. The molecule has 0 aliphatic rings. The minimum atomic E-state index is -0.387. The minimum absolute atomic E-state index is 0.0851. The monoisotopic (exact) mass is 401 g/mol. The summed E-state index contributed by atoms with van der Waals surface area (Å²) in [5.74, 6) is -0.0226. The Morgan fingerprint density at radius 1 is 1.11 bits per heavy atom. The number of carbonyl (C=O) groups is 2. The van der Waals surface area contributed by atoms with Gasteiger partial charge in [0.1, 0.15) is 12.4 Å². The number of nitrogens with zero attached hydrogens (tertiary/aromatic N) is 1. The fourth-order valence-electron chi connectivity index (χ4n) is 2.32. The van der Waals surface area contributed by atoms with Crippen molar-refractivity contribution in [3.8, 4) is 5.75 Å². The third-order valence-electron chi connectivity index (χ3n) is 3.87. The summed E-state index contributed by atoms with van der Waals surface area (Å²) in [4.78, 5) is 25.6. The molecule has 0 aliphatic carbocycles. The first-order chi connectivity index (χ1) is 13.4. The lowest BCUT2D eigenvalue weighted by molar-refractivity contribution is -0.116. The molecule has 0 heterocycles. The van der Waals surface area contributed by atoms with Gasteiger partial charge in [-0.25, -0.2) is 0 Å². The Bertz CT molecular complexity index is 857. The molecule has 0 atom stereocenters. The van der Waals surface area contributed by atoms with Gasteiger partial charge in [0.2, 0.25) is 5.91 Å². The second-order valence-corrected chi connectivity index (χ2v) is 6.28. The van der Waals surface area contributed by atoms with Crippen LogP contribution < -0.4 is 20.3 Å². The second-order valence-electron chi connectivity index (χ2n) is 5.87. The maximum Gasteiger partial charge on any atom is 0.261 e. The maximum atomic E-state index is 12.6. The Labute approximate surface area is 169 Å². The molecule has 28 heavy (non-hydrogen) atoms. The zero-order valence-corrected chi connectivity index (χ0v) is 16.8. The first-order valence-electron chi connectivity index (χ1n) is 8.60. The lowest BCUT2D eigenvalue weighted by Gasteiger charge is -2.17. The second kappa shape index (κ2) is 10.4. The molecule has 2 N–H and O–H groups in total. The van der Waals surface area contributed by atoms with Gasteiger partial charge >= 0.3 is 0 Å². The Kier molecular flexibility index (Phi) is 7.91. The van der Waals surface area contributed by atoms with Crippen LogP contribution in [0, 0.1) is 0 Å².